The molecule has 1 aromatic carbocycles. The molecule has 0 amide bonds. The minimum atomic E-state index is -0.375. The van der Waals surface area contributed by atoms with Crippen LogP contribution in [0, 0.1) is 5.82 Å². The van der Waals surface area contributed by atoms with Gasteiger partial charge in [-0.05, 0) is 30.3 Å². The lowest BCUT2D eigenvalue weighted by atomic mass is 10.2. The average Bonchev–Trinajstić information content (AvgIpc) is 2.80. The largest absolute Gasteiger partial charge is 0.373 e. The third-order valence-electron chi connectivity index (χ3n) is 2.79. The maximum atomic E-state index is 13.0. The summed E-state index contributed by atoms with van der Waals surface area (Å²) < 4.78 is 13.0. The number of rotatable bonds is 2. The van der Waals surface area contributed by atoms with Gasteiger partial charge in [-0.25, -0.2) is 14.4 Å². The Kier molecular flexibility index (Phi) is 2.83. The van der Waals surface area contributed by atoms with E-state index >= 15 is 0 Å². The zero-order valence-electron chi connectivity index (χ0n) is 10.0. The summed E-state index contributed by atoms with van der Waals surface area (Å²) >= 11 is 6.02. The van der Waals surface area contributed by atoms with Crippen LogP contribution in [0.15, 0.2) is 30.3 Å². The van der Waals surface area contributed by atoms with Gasteiger partial charge in [0.2, 0.25) is 0 Å². The summed E-state index contributed by atoms with van der Waals surface area (Å²) in [6.45, 7) is 0. The molecule has 3 rings (SSSR count). The summed E-state index contributed by atoms with van der Waals surface area (Å²) in [6.07, 6.45) is 0. The molecule has 0 aliphatic carbocycles. The number of hydrogen-bond donors (Lipinski definition) is 2. The van der Waals surface area contributed by atoms with E-state index in [-0.39, 0.29) is 5.82 Å². The van der Waals surface area contributed by atoms with Crippen molar-refractivity contribution in [2.24, 2.45) is 0 Å². The Labute approximate surface area is 113 Å². The lowest BCUT2D eigenvalue weighted by molar-refractivity contribution is 0.628. The second-order valence-electron chi connectivity index (χ2n) is 4.03. The minimum Gasteiger partial charge on any atom is -0.373 e. The van der Waals surface area contributed by atoms with Crippen molar-refractivity contribution in [2.45, 2.75) is 0 Å². The smallest absolute Gasteiger partial charge is 0.180 e. The molecule has 4 nitrogen and oxygen atoms in total. The van der Waals surface area contributed by atoms with Crippen molar-refractivity contribution in [3.8, 4) is 11.4 Å². The lowest BCUT2D eigenvalue weighted by Crippen LogP contribution is -1.91. The Bertz CT molecular complexity index is 753. The number of hydrogen-bond acceptors (Lipinski definition) is 3. The van der Waals surface area contributed by atoms with Crippen LogP contribution >= 0.6 is 11.6 Å². The Morgan fingerprint density at radius 2 is 2.05 bits per heavy atom. The monoisotopic (exact) mass is 276 g/mol. The van der Waals surface area contributed by atoms with E-state index in [0.717, 1.165) is 11.3 Å². The summed E-state index contributed by atoms with van der Waals surface area (Å²) in [7, 11) is 1.79. The number of aromatic amines is 1. The van der Waals surface area contributed by atoms with E-state index in [1.807, 2.05) is 12.1 Å². The molecule has 6 heteroatoms. The molecule has 3 aromatic rings. The number of H-pyrrole nitrogens is 1. The molecule has 0 unspecified atom stereocenters. The van der Waals surface area contributed by atoms with Crippen molar-refractivity contribution in [3.05, 3.63) is 41.2 Å². The third-order valence-corrected chi connectivity index (χ3v) is 3.10. The first-order valence-electron chi connectivity index (χ1n) is 5.67. The molecule has 0 saturated heterocycles. The number of nitrogens with zero attached hydrogens (tertiary/aromatic N) is 2. The molecule has 0 atom stereocenters. The van der Waals surface area contributed by atoms with Gasteiger partial charge in [0.05, 0.1) is 10.5 Å². The summed E-state index contributed by atoms with van der Waals surface area (Å²) in [5, 5.41) is 3.26. The zero-order valence-corrected chi connectivity index (χ0v) is 10.8. The van der Waals surface area contributed by atoms with Crippen molar-refractivity contribution >= 4 is 28.6 Å². The third kappa shape index (κ3) is 2.13. The molecule has 0 bridgehead atoms. The van der Waals surface area contributed by atoms with E-state index in [9.17, 15) is 4.39 Å². The molecule has 0 aliphatic rings. The Hall–Kier alpha value is -2.14. The highest BCUT2D eigenvalue weighted by atomic mass is 35.5. The topological polar surface area (TPSA) is 53.6 Å². The Morgan fingerprint density at radius 3 is 2.79 bits per heavy atom. The molecule has 0 aliphatic heterocycles. The minimum absolute atomic E-state index is 0.313. The first kappa shape index (κ1) is 11.9. The first-order valence-corrected chi connectivity index (χ1v) is 6.05. The molecular formula is C13H10ClFN4. The van der Waals surface area contributed by atoms with E-state index in [1.165, 1.54) is 12.1 Å². The van der Waals surface area contributed by atoms with Crippen LogP contribution in [0.25, 0.3) is 22.6 Å². The standard InChI is InChI=1S/C13H10ClFN4/c1-16-11-5-4-10-13(18-11)19-12(17-10)8-3-2-7(15)6-9(8)14/h2-6H,1H3,(H2,16,17,18,19). The highest BCUT2D eigenvalue weighted by Crippen LogP contribution is 2.27. The molecule has 2 aromatic heterocycles. The fourth-order valence-corrected chi connectivity index (χ4v) is 2.10. The Balaban J connectivity index is 2.14. The SMILES string of the molecule is CNc1ccc2[nH]c(-c3ccc(F)cc3Cl)nc2n1. The molecule has 0 fully saturated rings. The number of imidazole rings is 1. The van der Waals surface area contributed by atoms with E-state index in [2.05, 4.69) is 20.3 Å². The van der Waals surface area contributed by atoms with E-state index in [1.54, 1.807) is 13.1 Å². The van der Waals surface area contributed by atoms with Gasteiger partial charge in [0.15, 0.2) is 5.65 Å². The van der Waals surface area contributed by atoms with Gasteiger partial charge in [-0.15, -0.1) is 0 Å². The van der Waals surface area contributed by atoms with Gasteiger partial charge in [-0.1, -0.05) is 11.6 Å². The van der Waals surface area contributed by atoms with Crippen molar-refractivity contribution in [1.82, 2.24) is 15.0 Å². The molecule has 0 spiro atoms. The van der Waals surface area contributed by atoms with Crippen molar-refractivity contribution in [3.63, 3.8) is 0 Å². The van der Waals surface area contributed by atoms with Gasteiger partial charge in [-0.3, -0.25) is 0 Å². The molecule has 0 saturated carbocycles. The quantitative estimate of drug-likeness (QED) is 0.754. The van der Waals surface area contributed by atoms with Crippen molar-refractivity contribution < 1.29 is 4.39 Å². The van der Waals surface area contributed by atoms with Gasteiger partial charge < -0.3 is 10.3 Å². The number of anilines is 1. The maximum absolute atomic E-state index is 13.0. The number of halogens is 2. The van der Waals surface area contributed by atoms with Crippen LogP contribution in [0.3, 0.4) is 0 Å². The second kappa shape index (κ2) is 4.51. The number of aromatic nitrogens is 3. The maximum Gasteiger partial charge on any atom is 0.180 e. The first-order chi connectivity index (χ1) is 9.17. The van der Waals surface area contributed by atoms with E-state index in [4.69, 9.17) is 11.6 Å². The molecule has 2 N–H and O–H groups in total. The van der Waals surface area contributed by atoms with Crippen LogP contribution in [-0.2, 0) is 0 Å². The highest BCUT2D eigenvalue weighted by molar-refractivity contribution is 6.33. The summed E-state index contributed by atoms with van der Waals surface area (Å²) in [6, 6.07) is 7.92. The highest BCUT2D eigenvalue weighted by Gasteiger charge is 2.10. The van der Waals surface area contributed by atoms with Crippen LogP contribution < -0.4 is 5.32 Å². The van der Waals surface area contributed by atoms with Gasteiger partial charge >= 0.3 is 0 Å². The van der Waals surface area contributed by atoms with Crippen molar-refractivity contribution in [1.29, 1.82) is 0 Å². The second-order valence-corrected chi connectivity index (χ2v) is 4.43. The average molecular weight is 277 g/mol. The molecule has 96 valence electrons. The fraction of sp³-hybridized carbons (Fsp3) is 0.0769. The lowest BCUT2D eigenvalue weighted by Gasteiger charge is -1.99. The van der Waals surface area contributed by atoms with Crippen LogP contribution in [0.4, 0.5) is 10.2 Å². The van der Waals surface area contributed by atoms with Crippen LogP contribution in [-0.4, -0.2) is 22.0 Å². The van der Waals surface area contributed by atoms with E-state index in [0.29, 0.717) is 22.1 Å². The van der Waals surface area contributed by atoms with E-state index < -0.39 is 0 Å². The summed E-state index contributed by atoms with van der Waals surface area (Å²) in [5.41, 5.74) is 2.03. The zero-order chi connectivity index (χ0) is 13.4. The number of pyridine rings is 1. The van der Waals surface area contributed by atoms with Crippen molar-refractivity contribution in [2.75, 3.05) is 12.4 Å². The van der Waals surface area contributed by atoms with Crippen LogP contribution in [0.1, 0.15) is 0 Å². The van der Waals surface area contributed by atoms with Crippen LogP contribution in [0.2, 0.25) is 5.02 Å². The number of fused-ring (bicyclic) bond motifs is 1. The molecular weight excluding hydrogens is 267 g/mol. The van der Waals surface area contributed by atoms with Gasteiger partial charge in [0, 0.05) is 12.6 Å². The van der Waals surface area contributed by atoms with Gasteiger partial charge in [0.25, 0.3) is 0 Å². The molecule has 19 heavy (non-hydrogen) atoms. The predicted molar refractivity (Wildman–Crippen MR) is 73.8 cm³/mol. The Morgan fingerprint density at radius 1 is 1.21 bits per heavy atom. The predicted octanol–water partition coefficient (Wildman–Crippen LogP) is 3.46. The number of benzene rings is 1. The van der Waals surface area contributed by atoms with Gasteiger partial charge in [-0.2, -0.15) is 0 Å². The molecule has 2 heterocycles. The summed E-state index contributed by atoms with van der Waals surface area (Å²) in [5.74, 6) is 0.928. The fourth-order valence-electron chi connectivity index (χ4n) is 1.84. The molecule has 0 radical (unpaired) electrons. The van der Waals surface area contributed by atoms with Gasteiger partial charge in [0.1, 0.15) is 17.5 Å². The normalized spacial score (nSPS) is 10.9. The van der Waals surface area contributed by atoms with Crippen LogP contribution in [0.5, 0.6) is 0 Å². The summed E-state index contributed by atoms with van der Waals surface area (Å²) in [4.78, 5) is 11.8. The number of nitrogens with one attached hydrogen (secondary N) is 2.